The number of nitrogens with two attached hydrogens (primary N) is 1. The standard InChI is InChI=1S/C27H47NO2/c28-23-17-12-10-8-6-4-2-1-3-5-7-9-11-14-20-26(21-22-27(29)30)24-25-18-15-13-16-19-25/h13,15-16,18-19,26H,1-12,14,17,20-24,28H2,(H,29,30). The van der Waals surface area contributed by atoms with E-state index in [1.54, 1.807) is 0 Å². The molecule has 1 aromatic rings. The fraction of sp³-hybridized carbons (Fsp3) is 0.741. The van der Waals surface area contributed by atoms with Crippen LogP contribution in [-0.4, -0.2) is 17.6 Å². The zero-order chi connectivity index (χ0) is 21.7. The number of unbranched alkanes of at least 4 members (excludes halogenated alkanes) is 13. The molecule has 3 nitrogen and oxygen atoms in total. The first-order chi connectivity index (χ1) is 14.7. The van der Waals surface area contributed by atoms with E-state index in [4.69, 9.17) is 10.8 Å². The van der Waals surface area contributed by atoms with Crippen LogP contribution >= 0.6 is 0 Å². The van der Waals surface area contributed by atoms with Gasteiger partial charge < -0.3 is 10.8 Å². The van der Waals surface area contributed by atoms with Gasteiger partial charge in [-0.1, -0.05) is 120 Å². The number of aliphatic carboxylic acids is 1. The minimum absolute atomic E-state index is 0.297. The van der Waals surface area contributed by atoms with Crippen LogP contribution in [0, 0.1) is 5.92 Å². The molecule has 172 valence electrons. The van der Waals surface area contributed by atoms with E-state index in [1.165, 1.54) is 95.5 Å². The Bertz CT molecular complexity index is 503. The molecule has 0 aliphatic carbocycles. The normalized spacial score (nSPS) is 12.2. The maximum Gasteiger partial charge on any atom is 0.303 e. The lowest BCUT2D eigenvalue weighted by Gasteiger charge is -2.16. The number of carbonyl (C=O) groups is 1. The highest BCUT2D eigenvalue weighted by Gasteiger charge is 2.11. The highest BCUT2D eigenvalue weighted by atomic mass is 16.4. The van der Waals surface area contributed by atoms with Crippen molar-refractivity contribution in [1.82, 2.24) is 0 Å². The highest BCUT2D eigenvalue weighted by molar-refractivity contribution is 5.66. The van der Waals surface area contributed by atoms with Crippen LogP contribution in [0.2, 0.25) is 0 Å². The first kappa shape index (κ1) is 26.7. The van der Waals surface area contributed by atoms with E-state index in [9.17, 15) is 4.79 Å². The van der Waals surface area contributed by atoms with Crippen molar-refractivity contribution in [1.29, 1.82) is 0 Å². The van der Waals surface area contributed by atoms with E-state index in [-0.39, 0.29) is 0 Å². The van der Waals surface area contributed by atoms with Gasteiger partial charge in [0.15, 0.2) is 0 Å². The maximum absolute atomic E-state index is 11.0. The average molecular weight is 418 g/mol. The minimum atomic E-state index is -0.667. The largest absolute Gasteiger partial charge is 0.481 e. The molecule has 0 heterocycles. The highest BCUT2D eigenvalue weighted by Crippen LogP contribution is 2.22. The molecule has 0 saturated carbocycles. The Morgan fingerprint density at radius 1 is 0.700 bits per heavy atom. The molecular formula is C27H47NO2. The number of carboxylic acids is 1. The third kappa shape index (κ3) is 16.4. The van der Waals surface area contributed by atoms with Crippen molar-refractivity contribution in [2.45, 2.75) is 116 Å². The van der Waals surface area contributed by atoms with Gasteiger partial charge in [-0.3, -0.25) is 4.79 Å². The quantitative estimate of drug-likeness (QED) is 0.203. The second kappa shape index (κ2) is 19.6. The molecule has 1 rings (SSSR count). The number of hydrogen-bond acceptors (Lipinski definition) is 2. The molecular weight excluding hydrogens is 370 g/mol. The predicted octanol–water partition coefficient (Wildman–Crippen LogP) is 7.52. The molecule has 1 unspecified atom stereocenters. The Balaban J connectivity index is 1.97. The molecule has 0 aliphatic rings. The van der Waals surface area contributed by atoms with Crippen LogP contribution in [0.5, 0.6) is 0 Å². The van der Waals surface area contributed by atoms with Gasteiger partial charge in [0.1, 0.15) is 0 Å². The summed E-state index contributed by atoms with van der Waals surface area (Å²) < 4.78 is 0. The summed E-state index contributed by atoms with van der Waals surface area (Å²) in [7, 11) is 0. The molecule has 0 fully saturated rings. The monoisotopic (exact) mass is 417 g/mol. The van der Waals surface area contributed by atoms with Crippen molar-refractivity contribution >= 4 is 5.97 Å². The Labute approximate surface area is 185 Å². The summed E-state index contributed by atoms with van der Waals surface area (Å²) in [5.74, 6) is -0.168. The summed E-state index contributed by atoms with van der Waals surface area (Å²) in [6, 6.07) is 10.5. The van der Waals surface area contributed by atoms with E-state index in [2.05, 4.69) is 24.3 Å². The van der Waals surface area contributed by atoms with Crippen LogP contribution in [0.1, 0.15) is 115 Å². The van der Waals surface area contributed by atoms with Crippen LogP contribution in [-0.2, 0) is 11.2 Å². The van der Waals surface area contributed by atoms with Crippen molar-refractivity contribution in [3.63, 3.8) is 0 Å². The van der Waals surface area contributed by atoms with E-state index in [0.717, 1.165) is 25.8 Å². The van der Waals surface area contributed by atoms with Crippen LogP contribution in [0.25, 0.3) is 0 Å². The number of hydrogen-bond donors (Lipinski definition) is 2. The second-order valence-electron chi connectivity index (χ2n) is 9.02. The summed E-state index contributed by atoms with van der Waals surface area (Å²) in [5.41, 5.74) is 6.86. The van der Waals surface area contributed by atoms with Crippen LogP contribution in [0.3, 0.4) is 0 Å². The Kier molecular flexibility index (Phi) is 17.4. The average Bonchev–Trinajstić information content (AvgIpc) is 2.75. The summed E-state index contributed by atoms with van der Waals surface area (Å²) in [6.45, 7) is 0.846. The van der Waals surface area contributed by atoms with Gasteiger partial charge in [0.2, 0.25) is 0 Å². The van der Waals surface area contributed by atoms with Gasteiger partial charge in [-0.25, -0.2) is 0 Å². The Morgan fingerprint density at radius 2 is 1.17 bits per heavy atom. The molecule has 3 N–H and O–H groups in total. The van der Waals surface area contributed by atoms with Gasteiger partial charge in [0.25, 0.3) is 0 Å². The predicted molar refractivity (Wildman–Crippen MR) is 129 cm³/mol. The zero-order valence-electron chi connectivity index (χ0n) is 19.3. The topological polar surface area (TPSA) is 63.3 Å². The Hall–Kier alpha value is -1.35. The van der Waals surface area contributed by atoms with Crippen molar-refractivity contribution in [3.8, 4) is 0 Å². The molecule has 0 spiro atoms. The third-order valence-corrected chi connectivity index (χ3v) is 6.20. The molecule has 0 aromatic heterocycles. The van der Waals surface area contributed by atoms with E-state index < -0.39 is 5.97 Å². The molecule has 0 saturated heterocycles. The first-order valence-corrected chi connectivity index (χ1v) is 12.7. The van der Waals surface area contributed by atoms with Crippen molar-refractivity contribution in [2.75, 3.05) is 6.54 Å². The van der Waals surface area contributed by atoms with Gasteiger partial charge in [-0.2, -0.15) is 0 Å². The van der Waals surface area contributed by atoms with Crippen LogP contribution < -0.4 is 5.73 Å². The zero-order valence-corrected chi connectivity index (χ0v) is 19.3. The lowest BCUT2D eigenvalue weighted by Crippen LogP contribution is -2.08. The smallest absolute Gasteiger partial charge is 0.303 e. The second-order valence-corrected chi connectivity index (χ2v) is 9.02. The summed E-state index contributed by atoms with van der Waals surface area (Å²) in [5, 5.41) is 9.03. The lowest BCUT2D eigenvalue weighted by molar-refractivity contribution is -0.137. The van der Waals surface area contributed by atoms with E-state index in [0.29, 0.717) is 12.3 Å². The molecule has 30 heavy (non-hydrogen) atoms. The fourth-order valence-electron chi connectivity index (χ4n) is 4.32. The molecule has 0 amide bonds. The SMILES string of the molecule is NCCCCCCCCCCCCCCCCC(CCC(=O)O)Cc1ccccc1. The van der Waals surface area contributed by atoms with Gasteiger partial charge in [-0.15, -0.1) is 0 Å². The number of carboxylic acid groups (broad SMARTS) is 1. The van der Waals surface area contributed by atoms with Crippen molar-refractivity contribution < 1.29 is 9.90 Å². The molecule has 0 aliphatic heterocycles. The van der Waals surface area contributed by atoms with E-state index in [1.807, 2.05) is 6.07 Å². The number of rotatable bonds is 21. The third-order valence-electron chi connectivity index (χ3n) is 6.20. The van der Waals surface area contributed by atoms with Gasteiger partial charge in [-0.05, 0) is 37.3 Å². The lowest BCUT2D eigenvalue weighted by atomic mass is 9.89. The summed E-state index contributed by atoms with van der Waals surface area (Å²) in [6.07, 6.45) is 22.1. The van der Waals surface area contributed by atoms with Crippen molar-refractivity contribution in [2.24, 2.45) is 11.7 Å². The number of benzene rings is 1. The first-order valence-electron chi connectivity index (χ1n) is 12.7. The summed E-state index contributed by atoms with van der Waals surface area (Å²) in [4.78, 5) is 11.0. The molecule has 3 heteroatoms. The van der Waals surface area contributed by atoms with E-state index >= 15 is 0 Å². The fourth-order valence-corrected chi connectivity index (χ4v) is 4.32. The Morgan fingerprint density at radius 3 is 1.63 bits per heavy atom. The maximum atomic E-state index is 11.0. The molecule has 1 aromatic carbocycles. The summed E-state index contributed by atoms with van der Waals surface area (Å²) >= 11 is 0. The minimum Gasteiger partial charge on any atom is -0.481 e. The molecule has 1 atom stereocenters. The molecule has 0 radical (unpaired) electrons. The van der Waals surface area contributed by atoms with Crippen LogP contribution in [0.4, 0.5) is 0 Å². The van der Waals surface area contributed by atoms with Crippen molar-refractivity contribution in [3.05, 3.63) is 35.9 Å². The van der Waals surface area contributed by atoms with Gasteiger partial charge in [0, 0.05) is 6.42 Å². The molecule has 0 bridgehead atoms. The van der Waals surface area contributed by atoms with Crippen LogP contribution in [0.15, 0.2) is 30.3 Å². The van der Waals surface area contributed by atoms with Gasteiger partial charge in [0.05, 0.1) is 0 Å². The van der Waals surface area contributed by atoms with Gasteiger partial charge >= 0.3 is 5.97 Å².